The van der Waals surface area contributed by atoms with Gasteiger partial charge in [0, 0.05) is 23.1 Å². The highest BCUT2D eigenvalue weighted by molar-refractivity contribution is 6.72. The Morgan fingerprint density at radius 2 is 1.85 bits per heavy atom. The van der Waals surface area contributed by atoms with Crippen molar-refractivity contribution in [2.75, 3.05) is 6.61 Å². The van der Waals surface area contributed by atoms with Crippen molar-refractivity contribution in [3.63, 3.8) is 0 Å². The molecule has 0 saturated carbocycles. The van der Waals surface area contributed by atoms with Gasteiger partial charge in [-0.15, -0.1) is 0 Å². The normalized spacial score (nSPS) is 9.95. The Labute approximate surface area is 126 Å². The van der Waals surface area contributed by atoms with E-state index in [1.54, 1.807) is 12.1 Å². The van der Waals surface area contributed by atoms with Crippen LogP contribution >= 0.6 is 23.2 Å². The maximum atomic E-state index is 11.4. The molecule has 0 spiro atoms. The number of carbonyl (C=O) groups is 3. The zero-order valence-corrected chi connectivity index (χ0v) is 12.3. The minimum absolute atomic E-state index is 0.0374. The van der Waals surface area contributed by atoms with Crippen molar-refractivity contribution in [3.8, 4) is 0 Å². The number of rotatable bonds is 6. The molecule has 0 unspecified atom stereocenters. The van der Waals surface area contributed by atoms with Gasteiger partial charge >= 0.3 is 5.97 Å². The quantitative estimate of drug-likeness (QED) is 0.460. The van der Waals surface area contributed by atoms with Crippen LogP contribution in [-0.4, -0.2) is 23.1 Å². The van der Waals surface area contributed by atoms with Crippen LogP contribution in [0.1, 0.15) is 33.2 Å². The topological polar surface area (TPSA) is 60.4 Å². The predicted octanol–water partition coefficient (Wildman–Crippen LogP) is 3.11. The molecule has 20 heavy (non-hydrogen) atoms. The second-order valence-electron chi connectivity index (χ2n) is 4.05. The van der Waals surface area contributed by atoms with E-state index in [9.17, 15) is 14.4 Å². The van der Waals surface area contributed by atoms with Crippen LogP contribution in [0, 0.1) is 0 Å². The Balaban J connectivity index is 2.93. The van der Waals surface area contributed by atoms with Crippen LogP contribution in [0.25, 0.3) is 0 Å². The largest absolute Gasteiger partial charge is 0.462 e. The lowest BCUT2D eigenvalue weighted by Crippen LogP contribution is -2.11. The molecule has 4 nitrogen and oxygen atoms in total. The van der Waals surface area contributed by atoms with Crippen molar-refractivity contribution < 1.29 is 19.1 Å². The summed E-state index contributed by atoms with van der Waals surface area (Å²) in [6, 6.07) is 4.61. The summed E-state index contributed by atoms with van der Waals surface area (Å²) in [6.07, 6.45) is 0.241. The van der Waals surface area contributed by atoms with Crippen LogP contribution < -0.4 is 0 Å². The molecule has 0 bridgehead atoms. The van der Waals surface area contributed by atoms with Gasteiger partial charge in [-0.3, -0.25) is 9.59 Å². The fourth-order valence-electron chi connectivity index (χ4n) is 1.58. The molecule has 0 aliphatic carbocycles. The lowest BCUT2D eigenvalue weighted by atomic mass is 10.0. The average molecular weight is 315 g/mol. The second-order valence-corrected chi connectivity index (χ2v) is 4.74. The maximum Gasteiger partial charge on any atom is 0.333 e. The summed E-state index contributed by atoms with van der Waals surface area (Å²) in [7, 11) is 0. The van der Waals surface area contributed by atoms with Crippen LogP contribution in [0.2, 0.25) is 0 Å². The molecular formula is C14H12Cl2O4. The van der Waals surface area contributed by atoms with Gasteiger partial charge in [-0.2, -0.15) is 0 Å². The lowest BCUT2D eigenvalue weighted by molar-refractivity contribution is -0.138. The van der Waals surface area contributed by atoms with E-state index in [1.165, 1.54) is 13.0 Å². The van der Waals surface area contributed by atoms with Gasteiger partial charge in [-0.25, -0.2) is 4.79 Å². The Morgan fingerprint density at radius 1 is 1.20 bits per heavy atom. The average Bonchev–Trinajstić information content (AvgIpc) is 2.37. The lowest BCUT2D eigenvalue weighted by Gasteiger charge is -2.09. The van der Waals surface area contributed by atoms with Crippen molar-refractivity contribution >= 4 is 39.7 Å². The van der Waals surface area contributed by atoms with Crippen LogP contribution in [0.15, 0.2) is 30.4 Å². The molecule has 0 aliphatic heterocycles. The Hall–Kier alpha value is -1.65. The first kappa shape index (κ1) is 16.4. The molecule has 0 atom stereocenters. The van der Waals surface area contributed by atoms with E-state index in [4.69, 9.17) is 27.9 Å². The van der Waals surface area contributed by atoms with E-state index in [-0.39, 0.29) is 29.7 Å². The Morgan fingerprint density at radius 3 is 2.35 bits per heavy atom. The number of ether oxygens (including phenoxy) is 1. The molecule has 1 rings (SSSR count). The zero-order valence-electron chi connectivity index (χ0n) is 10.7. The van der Waals surface area contributed by atoms with Gasteiger partial charge in [0.2, 0.25) is 0 Å². The van der Waals surface area contributed by atoms with E-state index in [0.717, 1.165) is 0 Å². The first-order chi connectivity index (χ1) is 9.34. The van der Waals surface area contributed by atoms with Crippen LogP contribution in [0.5, 0.6) is 0 Å². The van der Waals surface area contributed by atoms with Gasteiger partial charge in [0.05, 0.1) is 6.61 Å². The Kier molecular flexibility index (Phi) is 5.92. The van der Waals surface area contributed by atoms with Crippen LogP contribution in [0.3, 0.4) is 0 Å². The second kappa shape index (κ2) is 7.22. The fourth-order valence-corrected chi connectivity index (χ4v) is 1.96. The van der Waals surface area contributed by atoms with Gasteiger partial charge in [-0.1, -0.05) is 18.7 Å². The number of halogens is 2. The van der Waals surface area contributed by atoms with Gasteiger partial charge < -0.3 is 4.74 Å². The third-order valence-corrected chi connectivity index (χ3v) is 2.90. The molecule has 0 aliphatic rings. The minimum Gasteiger partial charge on any atom is -0.462 e. The summed E-state index contributed by atoms with van der Waals surface area (Å²) >= 11 is 10.9. The van der Waals surface area contributed by atoms with Crippen molar-refractivity contribution in [2.24, 2.45) is 0 Å². The summed E-state index contributed by atoms with van der Waals surface area (Å²) in [5.41, 5.74) is 0.852. The number of hydrogen-bond donors (Lipinski definition) is 0. The summed E-state index contributed by atoms with van der Waals surface area (Å²) in [4.78, 5) is 33.9. The van der Waals surface area contributed by atoms with Crippen molar-refractivity contribution in [2.45, 2.75) is 13.3 Å². The summed E-state index contributed by atoms with van der Waals surface area (Å²) < 4.78 is 4.93. The first-order valence-corrected chi connectivity index (χ1v) is 6.44. The molecule has 1 aromatic rings. The molecule has 0 N–H and O–H groups in total. The van der Waals surface area contributed by atoms with Crippen LogP contribution in [0.4, 0.5) is 0 Å². The molecule has 6 heteroatoms. The third kappa shape index (κ3) is 4.18. The Bertz CT molecular complexity index is 579. The smallest absolute Gasteiger partial charge is 0.333 e. The van der Waals surface area contributed by atoms with Gasteiger partial charge in [-0.05, 0) is 41.8 Å². The highest BCUT2D eigenvalue weighted by Crippen LogP contribution is 2.20. The molecule has 0 fully saturated rings. The first-order valence-electron chi connectivity index (χ1n) is 5.68. The highest BCUT2D eigenvalue weighted by Gasteiger charge is 2.18. The number of esters is 1. The van der Waals surface area contributed by atoms with Gasteiger partial charge in [0.15, 0.2) is 0 Å². The standard InChI is InChI=1S/C14H12Cl2O4/c1-8(2)14(19)20-7-6-9-4-3-5-10(12(15)17)11(9)13(16)18/h3-5H,1,6-7H2,2H3. The molecule has 0 saturated heterocycles. The van der Waals surface area contributed by atoms with E-state index in [2.05, 4.69) is 6.58 Å². The summed E-state index contributed by atoms with van der Waals surface area (Å²) in [5.74, 6) is -0.520. The molecule has 0 amide bonds. The number of hydrogen-bond acceptors (Lipinski definition) is 4. The third-order valence-electron chi connectivity index (χ3n) is 2.51. The van der Waals surface area contributed by atoms with E-state index >= 15 is 0 Å². The predicted molar refractivity (Wildman–Crippen MR) is 76.3 cm³/mol. The van der Waals surface area contributed by atoms with Crippen molar-refractivity contribution in [3.05, 3.63) is 47.0 Å². The van der Waals surface area contributed by atoms with Gasteiger partial charge in [0.25, 0.3) is 10.5 Å². The fraction of sp³-hybridized carbons (Fsp3) is 0.214. The van der Waals surface area contributed by atoms with Gasteiger partial charge in [0.1, 0.15) is 0 Å². The molecule has 0 aromatic heterocycles. The van der Waals surface area contributed by atoms with Crippen molar-refractivity contribution in [1.29, 1.82) is 0 Å². The van der Waals surface area contributed by atoms with Crippen molar-refractivity contribution in [1.82, 2.24) is 0 Å². The van der Waals surface area contributed by atoms with E-state index in [0.29, 0.717) is 5.56 Å². The minimum atomic E-state index is -0.782. The molecular weight excluding hydrogens is 303 g/mol. The molecule has 0 radical (unpaired) electrons. The zero-order chi connectivity index (χ0) is 15.3. The summed E-state index contributed by atoms with van der Waals surface area (Å²) in [5, 5.41) is -1.55. The number of benzene rings is 1. The summed E-state index contributed by atoms with van der Waals surface area (Å²) in [6.45, 7) is 5.03. The number of carbonyl (C=O) groups excluding carboxylic acids is 3. The van der Waals surface area contributed by atoms with E-state index < -0.39 is 16.5 Å². The molecule has 1 aromatic carbocycles. The molecule has 106 valence electrons. The maximum absolute atomic E-state index is 11.4. The molecule has 0 heterocycles. The monoisotopic (exact) mass is 314 g/mol. The van der Waals surface area contributed by atoms with E-state index in [1.807, 2.05) is 0 Å². The SMILES string of the molecule is C=C(C)C(=O)OCCc1cccc(C(=O)Cl)c1C(=O)Cl. The highest BCUT2D eigenvalue weighted by atomic mass is 35.5. The van der Waals surface area contributed by atoms with Crippen LogP contribution in [-0.2, 0) is 16.0 Å².